The fourth-order valence-electron chi connectivity index (χ4n) is 3.77. The highest BCUT2D eigenvalue weighted by Gasteiger charge is 2.19. The summed E-state index contributed by atoms with van der Waals surface area (Å²) in [4.78, 5) is 3.40. The predicted molar refractivity (Wildman–Crippen MR) is 123 cm³/mol. The summed E-state index contributed by atoms with van der Waals surface area (Å²) in [6.45, 7) is 2.83. The second-order valence-corrected chi connectivity index (χ2v) is 7.34. The van der Waals surface area contributed by atoms with Crippen LogP contribution in [-0.2, 0) is 0 Å². The molecule has 0 aliphatic carbocycles. The Kier molecular flexibility index (Phi) is 4.86. The third-order valence-corrected chi connectivity index (χ3v) is 5.24. The van der Waals surface area contributed by atoms with Crippen molar-refractivity contribution in [2.45, 2.75) is 13.3 Å². The summed E-state index contributed by atoms with van der Waals surface area (Å²) in [5.74, 6) is 2.62. The second-order valence-electron chi connectivity index (χ2n) is 7.34. The van der Waals surface area contributed by atoms with E-state index in [1.54, 1.807) is 0 Å². The molecule has 0 radical (unpaired) electrons. The molecule has 3 aromatic carbocycles. The Balaban J connectivity index is 1.69. The van der Waals surface area contributed by atoms with E-state index in [0.717, 1.165) is 56.8 Å². The van der Waals surface area contributed by atoms with Crippen LogP contribution in [0.3, 0.4) is 0 Å². The van der Waals surface area contributed by atoms with Crippen LogP contribution in [0.15, 0.2) is 95.5 Å². The average molecular weight is 393 g/mol. The van der Waals surface area contributed by atoms with Crippen molar-refractivity contribution in [2.24, 2.45) is 0 Å². The van der Waals surface area contributed by atoms with Gasteiger partial charge < -0.3 is 14.1 Å². The largest absolute Gasteiger partial charge is 0.494 e. The van der Waals surface area contributed by atoms with Crippen molar-refractivity contribution in [1.29, 1.82) is 0 Å². The Bertz CT molecular complexity index is 1270. The van der Waals surface area contributed by atoms with Crippen LogP contribution in [0.2, 0.25) is 0 Å². The molecule has 0 atom stereocenters. The third-order valence-electron chi connectivity index (χ3n) is 5.24. The Morgan fingerprint density at radius 1 is 0.800 bits per heavy atom. The maximum Gasteiger partial charge on any atom is 0.142 e. The van der Waals surface area contributed by atoms with Gasteiger partial charge in [0.25, 0.3) is 0 Å². The van der Waals surface area contributed by atoms with E-state index in [0.29, 0.717) is 6.61 Å². The van der Waals surface area contributed by atoms with Crippen molar-refractivity contribution in [1.82, 2.24) is 4.98 Å². The lowest BCUT2D eigenvalue weighted by Gasteiger charge is -2.06. The number of hydrogen-bond donors (Lipinski definition) is 1. The zero-order chi connectivity index (χ0) is 20.3. The first-order chi connectivity index (χ1) is 14.8. The van der Waals surface area contributed by atoms with Gasteiger partial charge in [-0.25, -0.2) is 0 Å². The summed E-state index contributed by atoms with van der Waals surface area (Å²) in [6.07, 6.45) is 3.04. The molecule has 0 unspecified atom stereocenters. The van der Waals surface area contributed by atoms with Gasteiger partial charge in [-0.3, -0.25) is 0 Å². The minimum Gasteiger partial charge on any atom is -0.494 e. The van der Waals surface area contributed by atoms with Crippen molar-refractivity contribution in [2.75, 3.05) is 6.61 Å². The first kappa shape index (κ1) is 18.3. The highest BCUT2D eigenvalue weighted by molar-refractivity contribution is 6.00. The molecule has 0 saturated heterocycles. The Morgan fingerprint density at radius 2 is 1.53 bits per heavy atom. The highest BCUT2D eigenvalue weighted by Crippen LogP contribution is 2.42. The summed E-state index contributed by atoms with van der Waals surface area (Å²) in [5, 5.41) is 1.13. The molecule has 3 heteroatoms. The quantitative estimate of drug-likeness (QED) is 0.323. The standard InChI is InChI=1S/C27H23NO2/c1-2-15-29-21-13-14-25-22(16-21)24(18-28-25)23-17-26(19-9-5-3-6-10-19)30-27(23)20-11-7-4-8-12-20/h3-14,16-18,28H,2,15H2,1H3. The number of aromatic nitrogens is 1. The normalized spacial score (nSPS) is 11.1. The number of fused-ring (bicyclic) bond motifs is 1. The molecule has 5 rings (SSSR count). The Labute approximate surface area is 175 Å². The van der Waals surface area contributed by atoms with Gasteiger partial charge in [-0.2, -0.15) is 0 Å². The van der Waals surface area contributed by atoms with Gasteiger partial charge in [0.1, 0.15) is 17.3 Å². The summed E-state index contributed by atoms with van der Waals surface area (Å²) in [5.41, 5.74) is 5.38. The van der Waals surface area contributed by atoms with Gasteiger partial charge in [0, 0.05) is 39.4 Å². The van der Waals surface area contributed by atoms with Crippen molar-refractivity contribution in [3.05, 3.63) is 91.1 Å². The van der Waals surface area contributed by atoms with Crippen molar-refractivity contribution in [3.8, 4) is 39.5 Å². The molecular formula is C27H23NO2. The molecule has 148 valence electrons. The van der Waals surface area contributed by atoms with Gasteiger partial charge in [0.2, 0.25) is 0 Å². The summed E-state index contributed by atoms with van der Waals surface area (Å²) in [6, 6.07) is 28.8. The molecule has 2 aromatic heterocycles. The van der Waals surface area contributed by atoms with Crippen molar-refractivity contribution < 1.29 is 9.15 Å². The smallest absolute Gasteiger partial charge is 0.142 e. The zero-order valence-electron chi connectivity index (χ0n) is 16.9. The van der Waals surface area contributed by atoms with Crippen molar-refractivity contribution >= 4 is 10.9 Å². The molecule has 1 N–H and O–H groups in total. The molecule has 0 aliphatic heterocycles. The van der Waals surface area contributed by atoms with Gasteiger partial charge in [-0.05, 0) is 30.7 Å². The van der Waals surface area contributed by atoms with E-state index in [9.17, 15) is 0 Å². The number of ether oxygens (including phenoxy) is 1. The van der Waals surface area contributed by atoms with E-state index in [4.69, 9.17) is 9.15 Å². The number of hydrogen-bond acceptors (Lipinski definition) is 2. The van der Waals surface area contributed by atoms with Crippen LogP contribution >= 0.6 is 0 Å². The fourth-order valence-corrected chi connectivity index (χ4v) is 3.77. The van der Waals surface area contributed by atoms with Gasteiger partial charge in [0.05, 0.1) is 6.61 Å². The number of rotatable bonds is 6. The molecule has 0 fully saturated rings. The maximum atomic E-state index is 6.41. The number of nitrogens with one attached hydrogen (secondary N) is 1. The summed E-state index contributed by atoms with van der Waals surface area (Å²) in [7, 11) is 0. The van der Waals surface area contributed by atoms with E-state index in [1.165, 1.54) is 0 Å². The second kappa shape index (κ2) is 7.96. The van der Waals surface area contributed by atoms with Crippen LogP contribution in [0.4, 0.5) is 0 Å². The van der Waals surface area contributed by atoms with Gasteiger partial charge in [-0.15, -0.1) is 0 Å². The van der Waals surface area contributed by atoms with Crippen LogP contribution < -0.4 is 4.74 Å². The summed E-state index contributed by atoms with van der Waals surface area (Å²) >= 11 is 0. The van der Waals surface area contributed by atoms with E-state index >= 15 is 0 Å². The SMILES string of the molecule is CCCOc1ccc2[nH]cc(-c3cc(-c4ccccc4)oc3-c3ccccc3)c2c1. The van der Waals surface area contributed by atoms with Gasteiger partial charge >= 0.3 is 0 Å². The predicted octanol–water partition coefficient (Wildman–Crippen LogP) is 7.55. The number of furan rings is 1. The number of benzene rings is 3. The fraction of sp³-hybridized carbons (Fsp3) is 0.111. The van der Waals surface area contributed by atoms with Crippen molar-refractivity contribution in [3.63, 3.8) is 0 Å². The molecule has 0 saturated carbocycles. The number of aromatic amines is 1. The first-order valence-electron chi connectivity index (χ1n) is 10.3. The van der Waals surface area contributed by atoms with Crippen LogP contribution in [0.25, 0.3) is 44.7 Å². The third kappa shape index (κ3) is 3.39. The highest BCUT2D eigenvalue weighted by atomic mass is 16.5. The Hall–Kier alpha value is -3.72. The van der Waals surface area contributed by atoms with E-state index in [-0.39, 0.29) is 0 Å². The minimum atomic E-state index is 0.713. The molecule has 0 amide bonds. The molecule has 30 heavy (non-hydrogen) atoms. The molecule has 0 bridgehead atoms. The van der Waals surface area contributed by atoms with E-state index in [2.05, 4.69) is 60.6 Å². The first-order valence-corrected chi connectivity index (χ1v) is 10.3. The van der Waals surface area contributed by atoms with Crippen LogP contribution in [0.1, 0.15) is 13.3 Å². The lowest BCUT2D eigenvalue weighted by atomic mass is 10.0. The lowest BCUT2D eigenvalue weighted by Crippen LogP contribution is -1.94. The minimum absolute atomic E-state index is 0.713. The zero-order valence-corrected chi connectivity index (χ0v) is 16.9. The van der Waals surface area contributed by atoms with E-state index < -0.39 is 0 Å². The van der Waals surface area contributed by atoms with Crippen LogP contribution in [0.5, 0.6) is 5.75 Å². The molecule has 0 aliphatic rings. The Morgan fingerprint density at radius 3 is 2.27 bits per heavy atom. The lowest BCUT2D eigenvalue weighted by molar-refractivity contribution is 0.318. The molecule has 2 heterocycles. The average Bonchev–Trinajstić information content (AvgIpc) is 3.43. The topological polar surface area (TPSA) is 38.2 Å². The molecule has 0 spiro atoms. The van der Waals surface area contributed by atoms with Gasteiger partial charge in [-0.1, -0.05) is 67.6 Å². The molecule has 5 aromatic rings. The van der Waals surface area contributed by atoms with E-state index in [1.807, 2.05) is 42.5 Å². The van der Waals surface area contributed by atoms with Crippen LogP contribution in [0, 0.1) is 0 Å². The maximum absolute atomic E-state index is 6.41. The summed E-state index contributed by atoms with van der Waals surface area (Å²) < 4.78 is 12.3. The van der Waals surface area contributed by atoms with Crippen LogP contribution in [-0.4, -0.2) is 11.6 Å². The molecule has 3 nitrogen and oxygen atoms in total. The van der Waals surface area contributed by atoms with Gasteiger partial charge in [0.15, 0.2) is 0 Å². The number of H-pyrrole nitrogens is 1. The monoisotopic (exact) mass is 393 g/mol. The molecular weight excluding hydrogens is 370 g/mol.